The van der Waals surface area contributed by atoms with E-state index in [9.17, 15) is 4.79 Å². The van der Waals surface area contributed by atoms with Crippen LogP contribution in [0.3, 0.4) is 0 Å². The number of likely N-dealkylation sites (N-methyl/N-ethyl adjacent to an activating group) is 1. The van der Waals surface area contributed by atoms with Crippen molar-refractivity contribution in [3.05, 3.63) is 35.5 Å². The molecule has 0 spiro atoms. The quantitative estimate of drug-likeness (QED) is 0.886. The number of nitrogens with zero attached hydrogens (tertiary/aromatic N) is 1. The summed E-state index contributed by atoms with van der Waals surface area (Å²) in [5.41, 5.74) is 2.09. The molecule has 0 aliphatic carbocycles. The van der Waals surface area contributed by atoms with Gasteiger partial charge in [-0.25, -0.2) is 4.79 Å². The highest BCUT2D eigenvalue weighted by Crippen LogP contribution is 2.21. The zero-order valence-corrected chi connectivity index (χ0v) is 11.6. The van der Waals surface area contributed by atoms with Crippen LogP contribution in [-0.4, -0.2) is 49.1 Å². The molecule has 2 N–H and O–H groups in total. The molecule has 0 saturated carbocycles. The van der Waals surface area contributed by atoms with Crippen molar-refractivity contribution in [1.29, 1.82) is 0 Å². The molecule has 112 valence electrons. The van der Waals surface area contributed by atoms with Gasteiger partial charge in [0.1, 0.15) is 6.56 Å². The molecule has 21 heavy (non-hydrogen) atoms. The number of aromatic amines is 1. The fourth-order valence-electron chi connectivity index (χ4n) is 2.36. The number of carbonyl (C=O) groups is 1. The molecule has 1 aliphatic heterocycles. The Hall–Kier alpha value is -2.01. The zero-order valence-electron chi connectivity index (χ0n) is 18.6. The first-order valence-electron chi connectivity index (χ1n) is 10.1. The number of nitrogens with one attached hydrogen (secondary N) is 2. The Balaban J connectivity index is 1.86. The highest BCUT2D eigenvalue weighted by atomic mass is 16.6. The molecule has 1 atom stereocenters. The smallest absolute Gasteiger partial charge is 0.407 e. The third kappa shape index (κ3) is 3.19. The van der Waals surface area contributed by atoms with Crippen LogP contribution < -0.4 is 5.32 Å². The van der Waals surface area contributed by atoms with Gasteiger partial charge in [-0.05, 0) is 50.1 Å². The topological polar surface area (TPSA) is 57.4 Å². The van der Waals surface area contributed by atoms with Gasteiger partial charge in [0.2, 0.25) is 0 Å². The van der Waals surface area contributed by atoms with Gasteiger partial charge in [-0.1, -0.05) is 6.07 Å². The highest BCUT2D eigenvalue weighted by molar-refractivity contribution is 5.84. The molecule has 0 bridgehead atoms. The van der Waals surface area contributed by atoms with Crippen LogP contribution in [-0.2, 0) is 17.6 Å². The number of cyclic esters (lactones) is 1. The van der Waals surface area contributed by atoms with E-state index >= 15 is 0 Å². The second kappa shape index (κ2) is 5.77. The lowest BCUT2D eigenvalue weighted by Crippen LogP contribution is -2.28. The number of aromatic nitrogens is 1. The van der Waals surface area contributed by atoms with Crippen molar-refractivity contribution in [2.75, 3.05) is 27.1 Å². The van der Waals surface area contributed by atoms with Gasteiger partial charge in [-0.3, -0.25) is 0 Å². The standard InChI is InChI=1S/C16H21N3O2/c1-19(2)6-5-12-9-17-15-4-3-11(8-14(12)15)7-13-10-21-16(20)18-13/h3-4,8-9,13,17H,5-7,10H2,1-2H3,(H,18,20)/t13-/m0/s1/i1D3,6D2,10D2. The minimum Gasteiger partial charge on any atom is -0.447 e. The zero-order chi connectivity index (χ0) is 20.9. The van der Waals surface area contributed by atoms with E-state index in [1.807, 2.05) is 0 Å². The van der Waals surface area contributed by atoms with Gasteiger partial charge >= 0.3 is 6.09 Å². The van der Waals surface area contributed by atoms with E-state index in [-0.39, 0.29) is 12.8 Å². The van der Waals surface area contributed by atoms with E-state index in [0.29, 0.717) is 10.9 Å². The average molecular weight is 294 g/mol. The predicted molar refractivity (Wildman–Crippen MR) is 82.5 cm³/mol. The largest absolute Gasteiger partial charge is 0.447 e. The third-order valence-corrected chi connectivity index (χ3v) is 3.36. The number of hydrogen-bond acceptors (Lipinski definition) is 3. The predicted octanol–water partition coefficient (Wildman–Crippen LogP) is 1.92. The molecular formula is C16H21N3O2. The number of fused-ring (bicyclic) bond motifs is 1. The van der Waals surface area contributed by atoms with E-state index in [1.165, 1.54) is 7.05 Å². The number of benzene rings is 1. The summed E-state index contributed by atoms with van der Waals surface area (Å²) in [5, 5.41) is 3.16. The summed E-state index contributed by atoms with van der Waals surface area (Å²) in [4.78, 5) is 15.1. The maximum absolute atomic E-state index is 11.3. The summed E-state index contributed by atoms with van der Waals surface area (Å²) in [7, 11) is 1.22. The van der Waals surface area contributed by atoms with Crippen molar-refractivity contribution in [2.24, 2.45) is 0 Å². The summed E-state index contributed by atoms with van der Waals surface area (Å²) in [6, 6.07) is 4.51. The Morgan fingerprint density at radius 2 is 2.52 bits per heavy atom. The molecule has 5 nitrogen and oxygen atoms in total. The van der Waals surface area contributed by atoms with E-state index in [1.54, 1.807) is 24.4 Å². The minimum absolute atomic E-state index is 0.143. The van der Waals surface area contributed by atoms with Crippen LogP contribution in [0.2, 0.25) is 0 Å². The van der Waals surface area contributed by atoms with Crippen LogP contribution >= 0.6 is 0 Å². The Kier molecular flexibility index (Phi) is 2.16. The summed E-state index contributed by atoms with van der Waals surface area (Å²) < 4.78 is 58.7. The van der Waals surface area contributed by atoms with Crippen LogP contribution in [0.25, 0.3) is 10.9 Å². The molecule has 0 unspecified atom stereocenters. The van der Waals surface area contributed by atoms with Crippen molar-refractivity contribution < 1.29 is 19.1 Å². The number of H-pyrrole nitrogens is 1. The first-order valence-corrected chi connectivity index (χ1v) is 6.62. The summed E-state index contributed by atoms with van der Waals surface area (Å²) in [6.45, 7) is -6.78. The summed E-state index contributed by atoms with van der Waals surface area (Å²) >= 11 is 0. The second-order valence-electron chi connectivity index (χ2n) is 5.00. The fourth-order valence-corrected chi connectivity index (χ4v) is 2.36. The fraction of sp³-hybridized carbons (Fsp3) is 0.438. The lowest BCUT2D eigenvalue weighted by atomic mass is 10.0. The van der Waals surface area contributed by atoms with E-state index < -0.39 is 32.2 Å². The van der Waals surface area contributed by atoms with Gasteiger partial charge in [0.15, 0.2) is 0 Å². The van der Waals surface area contributed by atoms with Crippen LogP contribution in [0.5, 0.6) is 0 Å². The molecule has 5 heteroatoms. The number of carbonyl (C=O) groups excluding carboxylic acids is 1. The molecule has 1 amide bonds. The molecule has 1 aromatic heterocycles. The number of rotatable bonds is 5. The molecular weight excluding hydrogens is 266 g/mol. The van der Waals surface area contributed by atoms with Crippen LogP contribution in [0.1, 0.15) is 20.7 Å². The van der Waals surface area contributed by atoms with Crippen molar-refractivity contribution >= 4 is 17.0 Å². The second-order valence-corrected chi connectivity index (χ2v) is 5.00. The number of hydrogen-bond donors (Lipinski definition) is 2. The van der Waals surface area contributed by atoms with Gasteiger partial charge in [0, 0.05) is 30.5 Å². The van der Waals surface area contributed by atoms with E-state index in [4.69, 9.17) is 9.60 Å². The normalized spacial score (nSPS) is 26.9. The third-order valence-electron chi connectivity index (χ3n) is 3.36. The first kappa shape index (κ1) is 7.84. The SMILES string of the molecule is [2H]C1([2H])OC(=O)N[C@H]1Cc1ccc2[nH]cc(CC([2H])([2H])N(C)C([2H])([2H])[2H])c2c1. The Bertz CT molecular complexity index is 894. The summed E-state index contributed by atoms with van der Waals surface area (Å²) in [5.74, 6) is 0. The Morgan fingerprint density at radius 1 is 1.62 bits per heavy atom. The Morgan fingerprint density at radius 3 is 3.29 bits per heavy atom. The van der Waals surface area contributed by atoms with Crippen LogP contribution in [0.4, 0.5) is 4.79 Å². The molecule has 2 heterocycles. The van der Waals surface area contributed by atoms with Crippen LogP contribution in [0.15, 0.2) is 24.4 Å². The maximum Gasteiger partial charge on any atom is 0.407 e. The number of alkyl carbamates (subject to hydrolysis) is 1. The Labute approximate surface area is 134 Å². The molecule has 1 aliphatic rings. The highest BCUT2D eigenvalue weighted by Gasteiger charge is 2.22. The van der Waals surface area contributed by atoms with Gasteiger partial charge in [0.25, 0.3) is 0 Å². The number of aryl methyl sites for hydroxylation is 1. The molecule has 1 saturated heterocycles. The number of ether oxygens (including phenoxy) is 1. The molecule has 1 fully saturated rings. The van der Waals surface area contributed by atoms with E-state index in [0.717, 1.165) is 16.0 Å². The van der Waals surface area contributed by atoms with Crippen LogP contribution in [0, 0.1) is 0 Å². The molecule has 2 aromatic rings. The van der Waals surface area contributed by atoms with Crippen molar-refractivity contribution in [1.82, 2.24) is 15.2 Å². The van der Waals surface area contributed by atoms with Crippen molar-refractivity contribution in [2.45, 2.75) is 18.9 Å². The van der Waals surface area contributed by atoms with E-state index in [2.05, 4.69) is 15.0 Å². The summed E-state index contributed by atoms with van der Waals surface area (Å²) in [6.07, 6.45) is 0.884. The van der Waals surface area contributed by atoms with Gasteiger partial charge < -0.3 is 19.9 Å². The maximum atomic E-state index is 11.3. The lowest BCUT2D eigenvalue weighted by Gasteiger charge is -2.09. The molecule has 0 radical (unpaired) electrons. The van der Waals surface area contributed by atoms with Crippen molar-refractivity contribution in [3.63, 3.8) is 0 Å². The van der Waals surface area contributed by atoms with Crippen molar-refractivity contribution in [3.8, 4) is 0 Å². The first-order chi connectivity index (χ1) is 12.8. The average Bonchev–Trinajstić information content (AvgIpc) is 3.05. The molecule has 3 rings (SSSR count). The monoisotopic (exact) mass is 294 g/mol. The van der Waals surface area contributed by atoms with Gasteiger partial charge in [-0.2, -0.15) is 0 Å². The number of amides is 1. The minimum atomic E-state index is -2.56. The van der Waals surface area contributed by atoms with Gasteiger partial charge in [0.05, 0.1) is 8.78 Å². The molecule has 1 aromatic carbocycles. The lowest BCUT2D eigenvalue weighted by molar-refractivity contribution is 0.177. The van der Waals surface area contributed by atoms with Gasteiger partial charge in [-0.15, -0.1) is 0 Å².